The van der Waals surface area contributed by atoms with Crippen LogP contribution < -0.4 is 5.32 Å². The number of rotatable bonds is 2. The molecule has 0 spiro atoms. The van der Waals surface area contributed by atoms with Gasteiger partial charge in [-0.3, -0.25) is 0 Å². The molecule has 1 atom stereocenters. The van der Waals surface area contributed by atoms with Gasteiger partial charge in [0.2, 0.25) is 0 Å². The highest BCUT2D eigenvalue weighted by atomic mass is 32.1. The zero-order valence-electron chi connectivity index (χ0n) is 11.3. The molecule has 1 aliphatic rings. The van der Waals surface area contributed by atoms with E-state index in [4.69, 9.17) is 12.2 Å². The molecule has 0 bridgehead atoms. The molecule has 0 aromatic heterocycles. The second kappa shape index (κ2) is 6.19. The fourth-order valence-electron chi connectivity index (χ4n) is 2.42. The Kier molecular flexibility index (Phi) is 4.59. The molecule has 1 heterocycles. The number of benzene rings is 1. The summed E-state index contributed by atoms with van der Waals surface area (Å²) in [4.78, 5) is 2.31. The Bertz CT molecular complexity index is 399. The van der Waals surface area contributed by atoms with Gasteiger partial charge >= 0.3 is 0 Å². The number of thiocarbonyl (C=S) groups is 1. The lowest BCUT2D eigenvalue weighted by atomic mass is 10.0. The summed E-state index contributed by atoms with van der Waals surface area (Å²) in [5.74, 6) is 0. The quantitative estimate of drug-likeness (QED) is 0.816. The van der Waals surface area contributed by atoms with E-state index in [1.807, 2.05) is 0 Å². The highest BCUT2D eigenvalue weighted by molar-refractivity contribution is 7.80. The van der Waals surface area contributed by atoms with Gasteiger partial charge in [-0.25, -0.2) is 0 Å². The molecule has 1 unspecified atom stereocenters. The number of likely N-dealkylation sites (tertiary alicyclic amines) is 1. The summed E-state index contributed by atoms with van der Waals surface area (Å²) >= 11 is 5.51. The van der Waals surface area contributed by atoms with Gasteiger partial charge in [0.15, 0.2) is 5.11 Å². The molecular weight excluding hydrogens is 240 g/mol. The molecule has 0 amide bonds. The molecule has 1 aromatic carbocycles. The third kappa shape index (κ3) is 3.22. The first-order chi connectivity index (χ1) is 8.70. The third-order valence-corrected chi connectivity index (χ3v) is 4.01. The van der Waals surface area contributed by atoms with Gasteiger partial charge in [0.1, 0.15) is 0 Å². The van der Waals surface area contributed by atoms with Gasteiger partial charge < -0.3 is 10.2 Å². The van der Waals surface area contributed by atoms with Crippen molar-refractivity contribution in [3.63, 3.8) is 0 Å². The average Bonchev–Trinajstić information content (AvgIpc) is 2.40. The van der Waals surface area contributed by atoms with E-state index in [0.29, 0.717) is 6.04 Å². The lowest BCUT2D eigenvalue weighted by molar-refractivity contribution is 0.262. The molecule has 0 aliphatic carbocycles. The maximum atomic E-state index is 5.51. The minimum atomic E-state index is 0.564. The first kappa shape index (κ1) is 13.3. The van der Waals surface area contributed by atoms with E-state index in [2.05, 4.69) is 48.3 Å². The van der Waals surface area contributed by atoms with E-state index in [1.54, 1.807) is 0 Å². The number of hydrogen-bond donors (Lipinski definition) is 1. The van der Waals surface area contributed by atoms with Gasteiger partial charge in [0, 0.05) is 18.3 Å². The summed E-state index contributed by atoms with van der Waals surface area (Å²) in [5.41, 5.74) is 2.45. The second-order valence-corrected chi connectivity index (χ2v) is 5.41. The van der Waals surface area contributed by atoms with Crippen LogP contribution in [0.15, 0.2) is 24.3 Å². The molecule has 18 heavy (non-hydrogen) atoms. The van der Waals surface area contributed by atoms with Crippen LogP contribution in [0.1, 0.15) is 38.7 Å². The van der Waals surface area contributed by atoms with Crippen LogP contribution in [0.5, 0.6) is 0 Å². The molecular formula is C15H22N2S. The summed E-state index contributed by atoms with van der Waals surface area (Å²) in [5, 5.41) is 4.22. The Morgan fingerprint density at radius 1 is 1.33 bits per heavy atom. The summed E-state index contributed by atoms with van der Waals surface area (Å²) in [6.45, 7) is 5.51. The SMILES string of the molecule is CCc1ccc(NC(=S)N2CCCCC2C)cc1. The van der Waals surface area contributed by atoms with Crippen molar-refractivity contribution in [1.29, 1.82) is 0 Å². The molecule has 98 valence electrons. The van der Waals surface area contributed by atoms with Crippen LogP contribution in [0.25, 0.3) is 0 Å². The van der Waals surface area contributed by atoms with Crippen molar-refractivity contribution in [2.45, 2.75) is 45.6 Å². The zero-order chi connectivity index (χ0) is 13.0. The van der Waals surface area contributed by atoms with E-state index in [-0.39, 0.29) is 0 Å². The molecule has 2 rings (SSSR count). The number of nitrogens with one attached hydrogen (secondary N) is 1. The van der Waals surface area contributed by atoms with Crippen LogP contribution >= 0.6 is 12.2 Å². The molecule has 1 aliphatic heterocycles. The van der Waals surface area contributed by atoms with Crippen LogP contribution in [-0.4, -0.2) is 22.6 Å². The van der Waals surface area contributed by atoms with Crippen molar-refractivity contribution in [2.75, 3.05) is 11.9 Å². The normalized spacial score (nSPS) is 19.7. The third-order valence-electron chi connectivity index (χ3n) is 3.68. The van der Waals surface area contributed by atoms with Gasteiger partial charge in [-0.1, -0.05) is 19.1 Å². The van der Waals surface area contributed by atoms with Crippen molar-refractivity contribution in [1.82, 2.24) is 4.90 Å². The molecule has 0 saturated carbocycles. The Morgan fingerprint density at radius 2 is 2.06 bits per heavy atom. The molecule has 1 N–H and O–H groups in total. The van der Waals surface area contributed by atoms with E-state index in [1.165, 1.54) is 24.8 Å². The topological polar surface area (TPSA) is 15.3 Å². The Morgan fingerprint density at radius 3 is 2.67 bits per heavy atom. The average molecular weight is 262 g/mol. The Hall–Kier alpha value is -1.09. The van der Waals surface area contributed by atoms with Gasteiger partial charge in [-0.2, -0.15) is 0 Å². The lowest BCUT2D eigenvalue weighted by Crippen LogP contribution is -2.44. The Balaban J connectivity index is 1.97. The van der Waals surface area contributed by atoms with Crippen LogP contribution in [0.3, 0.4) is 0 Å². The molecule has 1 saturated heterocycles. The predicted octanol–water partition coefficient (Wildman–Crippen LogP) is 3.82. The molecule has 1 aromatic rings. The molecule has 1 fully saturated rings. The maximum Gasteiger partial charge on any atom is 0.173 e. The van der Waals surface area contributed by atoms with Crippen molar-refractivity contribution in [3.05, 3.63) is 29.8 Å². The van der Waals surface area contributed by atoms with Gasteiger partial charge in [-0.05, 0) is 62.5 Å². The summed E-state index contributed by atoms with van der Waals surface area (Å²) < 4.78 is 0. The lowest BCUT2D eigenvalue weighted by Gasteiger charge is -2.35. The number of aryl methyl sites for hydroxylation is 1. The van der Waals surface area contributed by atoms with Gasteiger partial charge in [0.25, 0.3) is 0 Å². The van der Waals surface area contributed by atoms with E-state index < -0.39 is 0 Å². The summed E-state index contributed by atoms with van der Waals surface area (Å²) in [6, 6.07) is 9.10. The summed E-state index contributed by atoms with van der Waals surface area (Å²) in [6.07, 6.45) is 4.90. The first-order valence-corrected chi connectivity index (χ1v) is 7.28. The number of anilines is 1. The minimum absolute atomic E-state index is 0.564. The fraction of sp³-hybridized carbons (Fsp3) is 0.533. The number of hydrogen-bond acceptors (Lipinski definition) is 1. The van der Waals surface area contributed by atoms with Crippen LogP contribution in [0.2, 0.25) is 0 Å². The zero-order valence-corrected chi connectivity index (χ0v) is 12.1. The van der Waals surface area contributed by atoms with Crippen molar-refractivity contribution >= 4 is 23.0 Å². The van der Waals surface area contributed by atoms with Crippen molar-refractivity contribution in [3.8, 4) is 0 Å². The maximum absolute atomic E-state index is 5.51. The largest absolute Gasteiger partial charge is 0.346 e. The molecule has 3 heteroatoms. The summed E-state index contributed by atoms with van der Waals surface area (Å²) in [7, 11) is 0. The van der Waals surface area contributed by atoms with E-state index in [9.17, 15) is 0 Å². The van der Waals surface area contributed by atoms with Gasteiger partial charge in [-0.15, -0.1) is 0 Å². The second-order valence-electron chi connectivity index (χ2n) is 5.02. The monoisotopic (exact) mass is 262 g/mol. The molecule has 0 radical (unpaired) electrons. The van der Waals surface area contributed by atoms with Crippen molar-refractivity contribution in [2.24, 2.45) is 0 Å². The first-order valence-electron chi connectivity index (χ1n) is 6.87. The number of piperidine rings is 1. The molecule has 2 nitrogen and oxygen atoms in total. The fourth-order valence-corrected chi connectivity index (χ4v) is 2.81. The standard InChI is InChI=1S/C15H22N2S/c1-3-13-7-9-14(10-8-13)16-15(18)17-11-5-4-6-12(17)2/h7-10,12H,3-6,11H2,1-2H3,(H,16,18). The van der Waals surface area contributed by atoms with Crippen LogP contribution in [0, 0.1) is 0 Å². The minimum Gasteiger partial charge on any atom is -0.346 e. The Labute approximate surface area is 115 Å². The van der Waals surface area contributed by atoms with E-state index in [0.717, 1.165) is 23.8 Å². The van der Waals surface area contributed by atoms with Crippen LogP contribution in [-0.2, 0) is 6.42 Å². The van der Waals surface area contributed by atoms with E-state index >= 15 is 0 Å². The predicted molar refractivity (Wildman–Crippen MR) is 82.1 cm³/mol. The number of nitrogens with zero attached hydrogens (tertiary/aromatic N) is 1. The highest BCUT2D eigenvalue weighted by Crippen LogP contribution is 2.18. The van der Waals surface area contributed by atoms with Gasteiger partial charge in [0.05, 0.1) is 0 Å². The van der Waals surface area contributed by atoms with Crippen LogP contribution in [0.4, 0.5) is 5.69 Å². The smallest absolute Gasteiger partial charge is 0.173 e. The van der Waals surface area contributed by atoms with Crippen molar-refractivity contribution < 1.29 is 0 Å². The highest BCUT2D eigenvalue weighted by Gasteiger charge is 2.20.